The average molecular weight is 195 g/mol. The fraction of sp³-hybridized carbons (Fsp3) is 0.333. The molecule has 0 aromatic heterocycles. The van der Waals surface area contributed by atoms with E-state index in [4.69, 9.17) is 13.8 Å². The number of rotatable bonds is 2. The van der Waals surface area contributed by atoms with E-state index in [-0.39, 0.29) is 0 Å². The predicted octanol–water partition coefficient (Wildman–Crippen LogP) is 1.80. The van der Waals surface area contributed by atoms with Gasteiger partial charge in [-0.05, 0) is 25.0 Å². The monoisotopic (exact) mass is 194 g/mol. The van der Waals surface area contributed by atoms with Gasteiger partial charge in [0, 0.05) is 0 Å². The highest BCUT2D eigenvalue weighted by atomic mass is 35.5. The van der Waals surface area contributed by atoms with E-state index >= 15 is 0 Å². The van der Waals surface area contributed by atoms with Gasteiger partial charge in [0.25, 0.3) is 0 Å². The van der Waals surface area contributed by atoms with Crippen LogP contribution in [-0.2, 0) is 0 Å². The number of ether oxygens (including phenoxy) is 1. The second-order valence-corrected chi connectivity index (χ2v) is 4.78. The number of benzene rings is 1. The van der Waals surface area contributed by atoms with Gasteiger partial charge in [-0.2, -0.15) is 0 Å². The molecular formula is C9H11ClMgO. The van der Waals surface area contributed by atoms with Crippen molar-refractivity contribution in [3.63, 3.8) is 0 Å². The summed E-state index contributed by atoms with van der Waals surface area (Å²) in [6.07, 6.45) is 0. The molecule has 1 rings (SSSR count). The van der Waals surface area contributed by atoms with E-state index in [0.717, 1.165) is 5.75 Å². The van der Waals surface area contributed by atoms with Crippen molar-refractivity contribution in [1.82, 2.24) is 0 Å². The van der Waals surface area contributed by atoms with E-state index in [1.54, 1.807) is 7.11 Å². The Hall–Kier alpha value is 0.0762. The van der Waals surface area contributed by atoms with E-state index in [2.05, 4.69) is 26.0 Å². The smallest absolute Gasteiger partial charge is 0.496 e. The van der Waals surface area contributed by atoms with Crippen LogP contribution in [0.15, 0.2) is 12.1 Å². The zero-order chi connectivity index (χ0) is 9.14. The van der Waals surface area contributed by atoms with E-state index < -0.39 is 19.3 Å². The summed E-state index contributed by atoms with van der Waals surface area (Å²) in [4.78, 5) is 0. The van der Waals surface area contributed by atoms with Crippen molar-refractivity contribution in [2.24, 2.45) is 0 Å². The lowest BCUT2D eigenvalue weighted by Crippen LogP contribution is -2.10. The topological polar surface area (TPSA) is 9.23 Å². The molecule has 0 bridgehead atoms. The summed E-state index contributed by atoms with van der Waals surface area (Å²) in [5.74, 6) is 0.984. The average Bonchev–Trinajstić information content (AvgIpc) is 2.03. The summed E-state index contributed by atoms with van der Waals surface area (Å²) in [7, 11) is 7.57. The molecule has 12 heavy (non-hydrogen) atoms. The van der Waals surface area contributed by atoms with Crippen LogP contribution in [0.4, 0.5) is 0 Å². The Morgan fingerprint density at radius 1 is 1.25 bits per heavy atom. The summed E-state index contributed by atoms with van der Waals surface area (Å²) in [6, 6.07) is 4.23. The zero-order valence-electron chi connectivity index (χ0n) is 7.65. The molecule has 1 aromatic rings. The Balaban J connectivity index is 3.18. The molecule has 0 aliphatic rings. The fourth-order valence-corrected chi connectivity index (χ4v) is 2.67. The largest absolute Gasteiger partial charge is 0.538 e. The molecule has 0 saturated heterocycles. The maximum Gasteiger partial charge on any atom is 0.538 e. The molecule has 0 atom stereocenters. The van der Waals surface area contributed by atoms with E-state index in [1.807, 2.05) is 0 Å². The van der Waals surface area contributed by atoms with Crippen molar-refractivity contribution in [2.75, 3.05) is 7.11 Å². The van der Waals surface area contributed by atoms with Crippen molar-refractivity contribution < 1.29 is 4.74 Å². The SMILES string of the molecule is COc1c(C)c[c]([Mg][Cl])cc1C. The lowest BCUT2D eigenvalue weighted by molar-refractivity contribution is 0.408. The van der Waals surface area contributed by atoms with Crippen molar-refractivity contribution in [2.45, 2.75) is 13.8 Å². The third-order valence-electron chi connectivity index (χ3n) is 1.88. The maximum absolute atomic E-state index is 5.86. The van der Waals surface area contributed by atoms with Crippen LogP contribution in [0, 0.1) is 13.8 Å². The summed E-state index contributed by atoms with van der Waals surface area (Å²) >= 11 is -0.558. The Labute approximate surface area is 86.6 Å². The lowest BCUT2D eigenvalue weighted by atomic mass is 10.1. The fourth-order valence-electron chi connectivity index (χ4n) is 1.44. The second kappa shape index (κ2) is 4.35. The molecule has 0 N–H and O–H groups in total. The van der Waals surface area contributed by atoms with Gasteiger partial charge in [0.15, 0.2) is 0 Å². The molecule has 62 valence electrons. The number of hydrogen-bond donors (Lipinski definition) is 0. The first-order valence-electron chi connectivity index (χ1n) is 3.89. The molecule has 0 heterocycles. The highest BCUT2D eigenvalue weighted by molar-refractivity contribution is 7.01. The molecule has 0 fully saturated rings. The van der Waals surface area contributed by atoms with Gasteiger partial charge in [0.05, 0.1) is 7.11 Å². The van der Waals surface area contributed by atoms with Gasteiger partial charge < -0.3 is 13.8 Å². The molecule has 3 heteroatoms. The van der Waals surface area contributed by atoms with Gasteiger partial charge in [-0.15, -0.1) is 3.69 Å². The molecule has 0 spiro atoms. The van der Waals surface area contributed by atoms with Crippen LogP contribution in [0.25, 0.3) is 0 Å². The third-order valence-corrected chi connectivity index (χ3v) is 3.52. The van der Waals surface area contributed by atoms with Crippen LogP contribution in [0.5, 0.6) is 5.75 Å². The third kappa shape index (κ3) is 2.06. The number of methoxy groups -OCH3 is 1. The van der Waals surface area contributed by atoms with Gasteiger partial charge in [0.1, 0.15) is 5.75 Å². The van der Waals surface area contributed by atoms with Crippen molar-refractivity contribution in [3.8, 4) is 5.75 Å². The normalized spacial score (nSPS) is 9.33. The molecule has 1 aromatic carbocycles. The first-order valence-corrected chi connectivity index (χ1v) is 6.73. The minimum Gasteiger partial charge on any atom is -0.496 e. The van der Waals surface area contributed by atoms with E-state index in [0.29, 0.717) is 0 Å². The number of aryl methyl sites for hydroxylation is 2. The van der Waals surface area contributed by atoms with Crippen molar-refractivity contribution in [1.29, 1.82) is 0 Å². The summed E-state index contributed by atoms with van der Waals surface area (Å²) in [5, 5.41) is 0. The Kier molecular flexibility index (Phi) is 3.68. The van der Waals surface area contributed by atoms with Crippen LogP contribution in [0.2, 0.25) is 0 Å². The van der Waals surface area contributed by atoms with Crippen LogP contribution >= 0.6 is 9.07 Å². The van der Waals surface area contributed by atoms with Crippen LogP contribution in [0.1, 0.15) is 11.1 Å². The van der Waals surface area contributed by atoms with Crippen molar-refractivity contribution in [3.05, 3.63) is 23.3 Å². The van der Waals surface area contributed by atoms with Gasteiger partial charge in [0.2, 0.25) is 0 Å². The minimum absolute atomic E-state index is 0.558. The molecule has 1 nitrogen and oxygen atoms in total. The molecule has 0 aliphatic carbocycles. The Morgan fingerprint density at radius 3 is 2.08 bits per heavy atom. The maximum atomic E-state index is 5.86. The molecular weight excluding hydrogens is 184 g/mol. The minimum atomic E-state index is -0.558. The van der Waals surface area contributed by atoms with Gasteiger partial charge in [-0.3, -0.25) is 0 Å². The van der Waals surface area contributed by atoms with Gasteiger partial charge in [-0.25, -0.2) is 0 Å². The summed E-state index contributed by atoms with van der Waals surface area (Å²) in [5.41, 5.74) is 2.36. The molecule has 0 amide bonds. The molecule has 0 radical (unpaired) electrons. The predicted molar refractivity (Wildman–Crippen MR) is 53.7 cm³/mol. The van der Waals surface area contributed by atoms with Gasteiger partial charge in [-0.1, -0.05) is 12.1 Å². The zero-order valence-corrected chi connectivity index (χ0v) is 9.82. The lowest BCUT2D eigenvalue weighted by Gasteiger charge is -2.09. The van der Waals surface area contributed by atoms with Crippen LogP contribution in [-0.4, -0.2) is 26.4 Å². The highest BCUT2D eigenvalue weighted by Crippen LogP contribution is 2.20. The number of hydrogen-bond acceptors (Lipinski definition) is 1. The second-order valence-electron chi connectivity index (χ2n) is 2.90. The number of halogens is 1. The van der Waals surface area contributed by atoms with E-state index in [1.165, 1.54) is 14.8 Å². The van der Waals surface area contributed by atoms with Gasteiger partial charge >= 0.3 is 19.3 Å². The first-order chi connectivity index (χ1) is 5.69. The summed E-state index contributed by atoms with van der Waals surface area (Å²) < 4.78 is 6.53. The summed E-state index contributed by atoms with van der Waals surface area (Å²) in [6.45, 7) is 4.10. The molecule has 0 unspecified atom stereocenters. The Morgan fingerprint density at radius 2 is 1.75 bits per heavy atom. The first kappa shape index (κ1) is 10.2. The standard InChI is InChI=1S/C9H11O.ClH.Mg/c1-7-5-4-6-8(2)9(7)10-3;;/h5-6H,1-3H3;1H;/q;;+1/p-1. The van der Waals surface area contributed by atoms with E-state index in [9.17, 15) is 0 Å². The Bertz CT molecular complexity index is 263. The molecule has 0 aliphatic heterocycles. The quantitative estimate of drug-likeness (QED) is 0.653. The van der Waals surface area contributed by atoms with Crippen LogP contribution < -0.4 is 8.43 Å². The highest BCUT2D eigenvalue weighted by Gasteiger charge is 2.05. The van der Waals surface area contributed by atoms with Crippen molar-refractivity contribution >= 4 is 32.0 Å². The van der Waals surface area contributed by atoms with Crippen LogP contribution in [0.3, 0.4) is 0 Å². The molecule has 0 saturated carbocycles.